The molecule has 1 aromatic carbocycles. The number of H-pyrrole nitrogens is 1. The van der Waals surface area contributed by atoms with Crippen LogP contribution >= 0.6 is 0 Å². The van der Waals surface area contributed by atoms with Crippen LogP contribution in [-0.4, -0.2) is 30.6 Å². The number of nitrogens with one attached hydrogen (secondary N) is 2. The molecule has 4 heteroatoms. The highest BCUT2D eigenvalue weighted by molar-refractivity contribution is 6.06. The third kappa shape index (κ3) is 2.63. The summed E-state index contributed by atoms with van der Waals surface area (Å²) in [6.45, 7) is 2.37. The van der Waals surface area contributed by atoms with E-state index in [4.69, 9.17) is 4.74 Å². The molecule has 2 N–H and O–H groups in total. The van der Waals surface area contributed by atoms with Crippen molar-refractivity contribution in [2.45, 2.75) is 12.8 Å². The minimum Gasteiger partial charge on any atom is -0.381 e. The minimum atomic E-state index is 0.0108. The van der Waals surface area contributed by atoms with Gasteiger partial charge in [0.05, 0.1) is 0 Å². The van der Waals surface area contributed by atoms with E-state index in [9.17, 15) is 4.79 Å². The first-order valence-electron chi connectivity index (χ1n) is 6.76. The van der Waals surface area contributed by atoms with Gasteiger partial charge in [0.25, 0.3) is 5.91 Å². The van der Waals surface area contributed by atoms with Crippen LogP contribution in [0.3, 0.4) is 0 Å². The van der Waals surface area contributed by atoms with E-state index in [1.807, 2.05) is 30.5 Å². The Hall–Kier alpha value is -1.81. The Bertz CT molecular complexity index is 570. The van der Waals surface area contributed by atoms with Crippen molar-refractivity contribution in [1.29, 1.82) is 0 Å². The van der Waals surface area contributed by atoms with Gasteiger partial charge in [0, 0.05) is 42.4 Å². The molecule has 1 amide bonds. The molecule has 100 valence electrons. The van der Waals surface area contributed by atoms with Gasteiger partial charge in [0.1, 0.15) is 0 Å². The Balaban J connectivity index is 1.68. The van der Waals surface area contributed by atoms with Crippen LogP contribution < -0.4 is 5.32 Å². The molecule has 1 aliphatic heterocycles. The van der Waals surface area contributed by atoms with Crippen LogP contribution in [0.4, 0.5) is 0 Å². The zero-order valence-corrected chi connectivity index (χ0v) is 10.8. The Morgan fingerprint density at radius 2 is 2.16 bits per heavy atom. The van der Waals surface area contributed by atoms with Crippen LogP contribution in [0.25, 0.3) is 10.9 Å². The van der Waals surface area contributed by atoms with Crippen molar-refractivity contribution in [3.05, 3.63) is 36.0 Å². The van der Waals surface area contributed by atoms with Crippen molar-refractivity contribution < 1.29 is 9.53 Å². The molecule has 1 aliphatic rings. The molecule has 1 fully saturated rings. The van der Waals surface area contributed by atoms with Crippen LogP contribution in [0.15, 0.2) is 30.5 Å². The summed E-state index contributed by atoms with van der Waals surface area (Å²) < 4.78 is 5.32. The number of hydrogen-bond donors (Lipinski definition) is 2. The Morgan fingerprint density at radius 3 is 3.00 bits per heavy atom. The van der Waals surface area contributed by atoms with Gasteiger partial charge in [-0.05, 0) is 37.0 Å². The van der Waals surface area contributed by atoms with Gasteiger partial charge in [-0.3, -0.25) is 4.79 Å². The summed E-state index contributed by atoms with van der Waals surface area (Å²) in [5.74, 6) is 0.555. The molecular weight excluding hydrogens is 240 g/mol. The summed E-state index contributed by atoms with van der Waals surface area (Å²) in [4.78, 5) is 15.4. The second kappa shape index (κ2) is 5.45. The molecule has 0 unspecified atom stereocenters. The van der Waals surface area contributed by atoms with E-state index in [2.05, 4.69) is 10.3 Å². The van der Waals surface area contributed by atoms with E-state index < -0.39 is 0 Å². The van der Waals surface area contributed by atoms with Crippen LogP contribution in [0.5, 0.6) is 0 Å². The summed E-state index contributed by atoms with van der Waals surface area (Å²) >= 11 is 0. The van der Waals surface area contributed by atoms with Crippen LogP contribution in [-0.2, 0) is 4.74 Å². The number of amides is 1. The number of hydrogen-bond acceptors (Lipinski definition) is 2. The second-order valence-electron chi connectivity index (χ2n) is 5.01. The molecule has 1 aromatic heterocycles. The van der Waals surface area contributed by atoms with E-state index in [1.165, 1.54) is 0 Å². The van der Waals surface area contributed by atoms with E-state index in [0.29, 0.717) is 5.92 Å². The number of carbonyl (C=O) groups is 1. The van der Waals surface area contributed by atoms with Gasteiger partial charge >= 0.3 is 0 Å². The topological polar surface area (TPSA) is 54.1 Å². The SMILES string of the molecule is O=C(NCC1CCOCC1)c1cccc2[nH]ccc12. The molecule has 0 spiro atoms. The lowest BCUT2D eigenvalue weighted by Gasteiger charge is -2.22. The number of aromatic amines is 1. The maximum absolute atomic E-state index is 12.2. The zero-order chi connectivity index (χ0) is 13.1. The second-order valence-corrected chi connectivity index (χ2v) is 5.01. The third-order valence-corrected chi connectivity index (χ3v) is 3.73. The van der Waals surface area contributed by atoms with Gasteiger partial charge in [-0.25, -0.2) is 0 Å². The normalized spacial score (nSPS) is 16.6. The fourth-order valence-corrected chi connectivity index (χ4v) is 2.57. The van der Waals surface area contributed by atoms with Crippen LogP contribution in [0.1, 0.15) is 23.2 Å². The highest BCUT2D eigenvalue weighted by atomic mass is 16.5. The van der Waals surface area contributed by atoms with Gasteiger partial charge in [-0.2, -0.15) is 0 Å². The van der Waals surface area contributed by atoms with Crippen molar-refractivity contribution in [2.24, 2.45) is 5.92 Å². The van der Waals surface area contributed by atoms with E-state index in [1.54, 1.807) is 0 Å². The maximum atomic E-state index is 12.2. The average molecular weight is 258 g/mol. The molecular formula is C15H18N2O2. The summed E-state index contributed by atoms with van der Waals surface area (Å²) in [7, 11) is 0. The Labute approximate surface area is 112 Å². The highest BCUT2D eigenvalue weighted by Gasteiger charge is 2.16. The lowest BCUT2D eigenvalue weighted by molar-refractivity contribution is 0.0643. The number of aromatic nitrogens is 1. The van der Waals surface area contributed by atoms with Gasteiger partial charge in [0.2, 0.25) is 0 Å². The standard InChI is InChI=1S/C15H18N2O2/c18-15(17-10-11-5-8-19-9-6-11)13-2-1-3-14-12(13)4-7-16-14/h1-4,7,11,16H,5-6,8-10H2,(H,17,18). The zero-order valence-electron chi connectivity index (χ0n) is 10.8. The summed E-state index contributed by atoms with van der Waals surface area (Å²) in [6, 6.07) is 7.70. The number of benzene rings is 1. The molecule has 4 nitrogen and oxygen atoms in total. The lowest BCUT2D eigenvalue weighted by atomic mass is 10.00. The largest absolute Gasteiger partial charge is 0.381 e. The molecule has 1 saturated heterocycles. The number of carbonyl (C=O) groups excluding carboxylic acids is 1. The monoisotopic (exact) mass is 258 g/mol. The van der Waals surface area contributed by atoms with Crippen molar-refractivity contribution in [3.8, 4) is 0 Å². The van der Waals surface area contributed by atoms with E-state index in [0.717, 1.165) is 49.1 Å². The third-order valence-electron chi connectivity index (χ3n) is 3.73. The predicted octanol–water partition coefficient (Wildman–Crippen LogP) is 2.32. The first-order chi connectivity index (χ1) is 9.34. The van der Waals surface area contributed by atoms with Crippen molar-refractivity contribution in [1.82, 2.24) is 10.3 Å². The molecule has 0 radical (unpaired) electrons. The molecule has 2 heterocycles. The molecule has 2 aromatic rings. The predicted molar refractivity (Wildman–Crippen MR) is 74.2 cm³/mol. The maximum Gasteiger partial charge on any atom is 0.251 e. The summed E-state index contributed by atoms with van der Waals surface area (Å²) in [6.07, 6.45) is 3.93. The Kier molecular flexibility index (Phi) is 3.51. The van der Waals surface area contributed by atoms with E-state index >= 15 is 0 Å². The quantitative estimate of drug-likeness (QED) is 0.887. The molecule has 0 bridgehead atoms. The molecule has 0 atom stereocenters. The molecule has 3 rings (SSSR count). The van der Waals surface area contributed by atoms with Gasteiger partial charge < -0.3 is 15.0 Å². The van der Waals surface area contributed by atoms with Crippen molar-refractivity contribution in [2.75, 3.05) is 19.8 Å². The molecule has 0 aliphatic carbocycles. The first-order valence-corrected chi connectivity index (χ1v) is 6.76. The average Bonchev–Trinajstić information content (AvgIpc) is 2.94. The highest BCUT2D eigenvalue weighted by Crippen LogP contribution is 2.18. The summed E-state index contributed by atoms with van der Waals surface area (Å²) in [5.41, 5.74) is 1.74. The van der Waals surface area contributed by atoms with E-state index in [-0.39, 0.29) is 5.91 Å². The number of fused-ring (bicyclic) bond motifs is 1. The number of rotatable bonds is 3. The first kappa shape index (κ1) is 12.2. The summed E-state index contributed by atoms with van der Waals surface area (Å²) in [5, 5.41) is 4.02. The number of ether oxygens (including phenoxy) is 1. The minimum absolute atomic E-state index is 0.0108. The van der Waals surface area contributed by atoms with Crippen molar-refractivity contribution in [3.63, 3.8) is 0 Å². The van der Waals surface area contributed by atoms with Crippen LogP contribution in [0, 0.1) is 5.92 Å². The Morgan fingerprint density at radius 1 is 1.32 bits per heavy atom. The fourth-order valence-electron chi connectivity index (χ4n) is 2.57. The van der Waals surface area contributed by atoms with Crippen LogP contribution in [0.2, 0.25) is 0 Å². The van der Waals surface area contributed by atoms with Gasteiger partial charge in [-0.1, -0.05) is 6.07 Å². The van der Waals surface area contributed by atoms with Crippen molar-refractivity contribution >= 4 is 16.8 Å². The van der Waals surface area contributed by atoms with Gasteiger partial charge in [0.15, 0.2) is 0 Å². The lowest BCUT2D eigenvalue weighted by Crippen LogP contribution is -2.32. The smallest absolute Gasteiger partial charge is 0.251 e. The fraction of sp³-hybridized carbons (Fsp3) is 0.400. The molecule has 19 heavy (non-hydrogen) atoms. The molecule has 0 saturated carbocycles. The van der Waals surface area contributed by atoms with Gasteiger partial charge in [-0.15, -0.1) is 0 Å².